The van der Waals surface area contributed by atoms with E-state index in [0.29, 0.717) is 6.04 Å². The summed E-state index contributed by atoms with van der Waals surface area (Å²) in [6, 6.07) is 9.51. The van der Waals surface area contributed by atoms with Crippen molar-refractivity contribution in [2.45, 2.75) is 51.1 Å². The summed E-state index contributed by atoms with van der Waals surface area (Å²) in [4.78, 5) is 2.59. The zero-order valence-corrected chi connectivity index (χ0v) is 11.7. The lowest BCUT2D eigenvalue weighted by Crippen LogP contribution is -2.41. The molecule has 0 aromatic heterocycles. The second kappa shape index (κ2) is 4.24. The van der Waals surface area contributed by atoms with Crippen LogP contribution in [0.2, 0.25) is 0 Å². The van der Waals surface area contributed by atoms with Crippen molar-refractivity contribution in [3.05, 3.63) is 47.5 Å². The van der Waals surface area contributed by atoms with E-state index in [1.165, 1.54) is 18.4 Å². The first-order valence-electron chi connectivity index (χ1n) is 7.09. The lowest BCUT2D eigenvalue weighted by atomic mass is 9.94. The van der Waals surface area contributed by atoms with Gasteiger partial charge in [0.25, 0.3) is 0 Å². The van der Waals surface area contributed by atoms with Gasteiger partial charge < -0.3 is 0 Å². The minimum Gasteiger partial charge on any atom is -0.284 e. The molecule has 1 saturated carbocycles. The molecule has 1 atom stereocenters. The van der Waals surface area contributed by atoms with Gasteiger partial charge in [-0.3, -0.25) is 4.90 Å². The second-order valence-corrected chi connectivity index (χ2v) is 6.60. The lowest BCUT2D eigenvalue weighted by molar-refractivity contribution is 0.132. The normalized spacial score (nSPS) is 24.7. The van der Waals surface area contributed by atoms with E-state index in [9.17, 15) is 0 Å². The number of nitrogens with zero attached hydrogens (tertiary/aromatic N) is 1. The summed E-state index contributed by atoms with van der Waals surface area (Å²) in [5.74, 6) is 0.831. The molecule has 1 aromatic carbocycles. The van der Waals surface area contributed by atoms with Crippen molar-refractivity contribution in [2.24, 2.45) is 0 Å². The van der Waals surface area contributed by atoms with Gasteiger partial charge >= 0.3 is 0 Å². The van der Waals surface area contributed by atoms with Crippen LogP contribution in [0.4, 0.5) is 0 Å². The number of hydrogen-bond donors (Lipinski definition) is 0. The van der Waals surface area contributed by atoms with Crippen LogP contribution in [-0.4, -0.2) is 17.0 Å². The Bertz CT molecular complexity index is 463. The van der Waals surface area contributed by atoms with Crippen LogP contribution in [-0.2, 0) is 0 Å². The van der Waals surface area contributed by atoms with Gasteiger partial charge in [-0.05, 0) is 50.7 Å². The van der Waals surface area contributed by atoms with Crippen molar-refractivity contribution in [1.29, 1.82) is 0 Å². The van der Waals surface area contributed by atoms with Crippen molar-refractivity contribution in [1.82, 2.24) is 4.90 Å². The van der Waals surface area contributed by atoms with Crippen LogP contribution in [0.25, 0.3) is 0 Å². The second-order valence-electron chi connectivity index (χ2n) is 6.60. The van der Waals surface area contributed by atoms with E-state index in [0.717, 1.165) is 12.5 Å². The highest BCUT2D eigenvalue weighted by atomic mass is 15.2. The van der Waals surface area contributed by atoms with Gasteiger partial charge in [0.2, 0.25) is 0 Å². The van der Waals surface area contributed by atoms with Crippen molar-refractivity contribution in [3.63, 3.8) is 0 Å². The average molecular weight is 241 g/mol. The molecule has 1 aliphatic carbocycles. The molecular weight excluding hydrogens is 218 g/mol. The summed E-state index contributed by atoms with van der Waals surface area (Å²) in [5.41, 5.74) is 3.34. The third-order valence-corrected chi connectivity index (χ3v) is 4.15. The highest BCUT2D eigenvalue weighted by molar-refractivity contribution is 5.39. The number of rotatable bonds is 2. The van der Waals surface area contributed by atoms with Crippen LogP contribution in [0.3, 0.4) is 0 Å². The van der Waals surface area contributed by atoms with Crippen LogP contribution >= 0.6 is 0 Å². The fraction of sp³-hybridized carbons (Fsp3) is 0.529. The van der Waals surface area contributed by atoms with Crippen LogP contribution in [0.15, 0.2) is 36.4 Å². The van der Waals surface area contributed by atoms with Gasteiger partial charge in [0, 0.05) is 12.1 Å². The minimum absolute atomic E-state index is 0.227. The maximum absolute atomic E-state index is 2.59. The molecule has 0 N–H and O–H groups in total. The summed E-state index contributed by atoms with van der Waals surface area (Å²) < 4.78 is 0. The molecule has 1 aromatic rings. The fourth-order valence-corrected chi connectivity index (χ4v) is 3.03. The van der Waals surface area contributed by atoms with Gasteiger partial charge in [0.05, 0.1) is 6.04 Å². The molecule has 0 bridgehead atoms. The van der Waals surface area contributed by atoms with Crippen LogP contribution in [0, 0.1) is 0 Å². The predicted molar refractivity (Wildman–Crippen MR) is 76.8 cm³/mol. The standard InChI is InChI=1S/C17H23N/c1-17(2,3)18-12-6-9-16(18)15-8-5-4-7-14(15)13-10-11-13/h4-9,13,16H,10-12H2,1-3H3. The van der Waals surface area contributed by atoms with Gasteiger partial charge in [-0.1, -0.05) is 36.4 Å². The maximum Gasteiger partial charge on any atom is 0.0543 e. The summed E-state index contributed by atoms with van der Waals surface area (Å²) in [6.45, 7) is 8.01. The predicted octanol–water partition coefficient (Wildman–Crippen LogP) is 4.28. The van der Waals surface area contributed by atoms with Crippen molar-refractivity contribution < 1.29 is 0 Å². The van der Waals surface area contributed by atoms with Gasteiger partial charge in [0.15, 0.2) is 0 Å². The molecule has 1 heteroatoms. The minimum atomic E-state index is 0.227. The molecular formula is C17H23N. The molecule has 1 unspecified atom stereocenters. The molecule has 1 nitrogen and oxygen atoms in total. The van der Waals surface area contributed by atoms with Gasteiger partial charge in [-0.2, -0.15) is 0 Å². The molecule has 1 fully saturated rings. The molecule has 1 heterocycles. The smallest absolute Gasteiger partial charge is 0.0543 e. The Balaban J connectivity index is 1.96. The summed E-state index contributed by atoms with van der Waals surface area (Å²) in [6.07, 6.45) is 7.46. The number of benzene rings is 1. The SMILES string of the molecule is CC(C)(C)N1CC=CC1c1ccccc1C1CC1. The van der Waals surface area contributed by atoms with Crippen molar-refractivity contribution >= 4 is 0 Å². The zero-order chi connectivity index (χ0) is 12.8. The molecule has 0 saturated heterocycles. The highest BCUT2D eigenvalue weighted by Gasteiger charge is 2.34. The molecule has 0 radical (unpaired) electrons. The summed E-state index contributed by atoms with van der Waals surface area (Å²) in [7, 11) is 0. The Labute approximate surface area is 111 Å². The maximum atomic E-state index is 2.59. The fourth-order valence-electron chi connectivity index (χ4n) is 3.03. The lowest BCUT2D eigenvalue weighted by Gasteiger charge is -2.37. The molecule has 96 valence electrons. The molecule has 2 aliphatic rings. The van der Waals surface area contributed by atoms with E-state index < -0.39 is 0 Å². The van der Waals surface area contributed by atoms with E-state index in [-0.39, 0.29) is 5.54 Å². The summed E-state index contributed by atoms with van der Waals surface area (Å²) in [5, 5.41) is 0. The molecule has 0 amide bonds. The van der Waals surface area contributed by atoms with E-state index in [2.05, 4.69) is 62.1 Å². The van der Waals surface area contributed by atoms with Crippen molar-refractivity contribution in [3.8, 4) is 0 Å². The first-order valence-corrected chi connectivity index (χ1v) is 7.09. The van der Waals surface area contributed by atoms with Crippen LogP contribution in [0.5, 0.6) is 0 Å². The Morgan fingerprint density at radius 3 is 2.33 bits per heavy atom. The van der Waals surface area contributed by atoms with E-state index in [1.54, 1.807) is 5.56 Å². The van der Waals surface area contributed by atoms with E-state index >= 15 is 0 Å². The topological polar surface area (TPSA) is 3.24 Å². The Kier molecular flexibility index (Phi) is 2.82. The molecule has 3 rings (SSSR count). The molecule has 18 heavy (non-hydrogen) atoms. The van der Waals surface area contributed by atoms with Crippen molar-refractivity contribution in [2.75, 3.05) is 6.54 Å². The Morgan fingerprint density at radius 2 is 1.72 bits per heavy atom. The monoisotopic (exact) mass is 241 g/mol. The number of hydrogen-bond acceptors (Lipinski definition) is 1. The van der Waals surface area contributed by atoms with Gasteiger partial charge in [0.1, 0.15) is 0 Å². The quantitative estimate of drug-likeness (QED) is 0.699. The van der Waals surface area contributed by atoms with E-state index in [4.69, 9.17) is 0 Å². The van der Waals surface area contributed by atoms with Crippen LogP contribution < -0.4 is 0 Å². The Hall–Kier alpha value is -1.08. The first kappa shape index (κ1) is 12.0. The molecule has 0 spiro atoms. The third-order valence-electron chi connectivity index (χ3n) is 4.15. The third kappa shape index (κ3) is 2.12. The highest BCUT2D eigenvalue weighted by Crippen LogP contribution is 2.45. The molecule has 1 aliphatic heterocycles. The largest absolute Gasteiger partial charge is 0.284 e. The average Bonchev–Trinajstić information content (AvgIpc) is 3.04. The van der Waals surface area contributed by atoms with Gasteiger partial charge in [-0.15, -0.1) is 0 Å². The summed E-state index contributed by atoms with van der Waals surface area (Å²) >= 11 is 0. The zero-order valence-electron chi connectivity index (χ0n) is 11.7. The van der Waals surface area contributed by atoms with Crippen LogP contribution in [0.1, 0.15) is 56.7 Å². The van der Waals surface area contributed by atoms with E-state index in [1.807, 2.05) is 0 Å². The first-order chi connectivity index (χ1) is 8.57. The van der Waals surface area contributed by atoms with Gasteiger partial charge in [-0.25, -0.2) is 0 Å². The Morgan fingerprint density at radius 1 is 1.06 bits per heavy atom.